The van der Waals surface area contributed by atoms with Crippen molar-refractivity contribution in [1.29, 1.82) is 0 Å². The highest BCUT2D eigenvalue weighted by Crippen LogP contribution is 2.31. The Bertz CT molecular complexity index is 346. The van der Waals surface area contributed by atoms with Crippen LogP contribution in [0.15, 0.2) is 21.6 Å². The lowest BCUT2D eigenvalue weighted by Gasteiger charge is -2.11. The Morgan fingerprint density at radius 1 is 1.69 bits per heavy atom. The number of nitro groups is 1. The van der Waals surface area contributed by atoms with Gasteiger partial charge in [-0.2, -0.15) is 10.2 Å². The molecule has 0 spiro atoms. The van der Waals surface area contributed by atoms with Crippen molar-refractivity contribution in [3.8, 4) is 0 Å². The maximum Gasteiger partial charge on any atom is 0.307 e. The number of hydrogen-bond acceptors (Lipinski definition) is 5. The van der Waals surface area contributed by atoms with Gasteiger partial charge in [0.25, 0.3) is 5.91 Å². The van der Waals surface area contributed by atoms with E-state index in [0.717, 1.165) is 0 Å². The van der Waals surface area contributed by atoms with E-state index in [9.17, 15) is 14.9 Å². The third kappa shape index (κ3) is 1.17. The topological polar surface area (TPSA) is 111 Å². The Hall–Kier alpha value is -1.79. The van der Waals surface area contributed by atoms with Crippen LogP contribution in [-0.2, 0) is 4.79 Å². The van der Waals surface area contributed by atoms with Gasteiger partial charge in [0.1, 0.15) is 5.70 Å². The quantitative estimate of drug-likeness (QED) is 0.488. The molecule has 0 bridgehead atoms. The molecule has 1 aliphatic heterocycles. The van der Waals surface area contributed by atoms with Crippen LogP contribution < -0.4 is 5.73 Å². The van der Waals surface area contributed by atoms with Crippen molar-refractivity contribution in [1.82, 2.24) is 0 Å². The number of allylic oxidation sites excluding steroid dienone is 1. The van der Waals surface area contributed by atoms with E-state index in [-0.39, 0.29) is 11.4 Å². The highest BCUT2D eigenvalue weighted by Gasteiger charge is 2.49. The van der Waals surface area contributed by atoms with Gasteiger partial charge in [0, 0.05) is 0 Å². The number of primary amides is 1. The average molecular weight is 184 g/mol. The Labute approximate surface area is 73.5 Å². The van der Waals surface area contributed by atoms with E-state index < -0.39 is 16.4 Å². The fourth-order valence-electron chi connectivity index (χ4n) is 1.10. The summed E-state index contributed by atoms with van der Waals surface area (Å²) < 4.78 is 0. The second-order valence-corrected chi connectivity index (χ2v) is 2.83. The van der Waals surface area contributed by atoms with E-state index in [1.165, 1.54) is 13.8 Å². The molecule has 2 N–H and O–H groups in total. The van der Waals surface area contributed by atoms with E-state index in [1.54, 1.807) is 0 Å². The molecule has 13 heavy (non-hydrogen) atoms. The Morgan fingerprint density at radius 2 is 2.23 bits per heavy atom. The van der Waals surface area contributed by atoms with Crippen LogP contribution in [0.4, 0.5) is 0 Å². The highest BCUT2D eigenvalue weighted by molar-refractivity contribution is 5.88. The molecule has 1 amide bonds. The van der Waals surface area contributed by atoms with Crippen LogP contribution in [-0.4, -0.2) is 16.4 Å². The Kier molecular flexibility index (Phi) is 1.87. The largest absolute Gasteiger partial charge is 0.367 e. The zero-order valence-corrected chi connectivity index (χ0v) is 7.14. The lowest BCUT2D eigenvalue weighted by molar-refractivity contribution is -0.432. The van der Waals surface area contributed by atoms with Gasteiger partial charge in [0.2, 0.25) is 5.54 Å². The lowest BCUT2D eigenvalue weighted by Crippen LogP contribution is -2.42. The van der Waals surface area contributed by atoms with Crippen molar-refractivity contribution < 1.29 is 9.72 Å². The summed E-state index contributed by atoms with van der Waals surface area (Å²) in [6.07, 6.45) is 0. The van der Waals surface area contributed by atoms with Crippen LogP contribution in [0.5, 0.6) is 0 Å². The predicted octanol–water partition coefficient (Wildman–Crippen LogP) is 0.204. The normalized spacial score (nSPS) is 26.6. The minimum Gasteiger partial charge on any atom is -0.367 e. The molecule has 0 aromatic heterocycles. The fraction of sp³-hybridized carbons (Fsp3) is 0.500. The summed E-state index contributed by atoms with van der Waals surface area (Å²) in [5.74, 6) is -0.875. The molecular weight excluding hydrogens is 176 g/mol. The molecule has 0 aromatic carbocycles. The molecule has 1 aliphatic rings. The minimum absolute atomic E-state index is 0.117. The van der Waals surface area contributed by atoms with Crippen molar-refractivity contribution in [2.75, 3.05) is 0 Å². The first-order chi connectivity index (χ1) is 5.89. The number of carbonyl (C=O) groups is 1. The molecule has 70 valence electrons. The first-order valence-corrected chi connectivity index (χ1v) is 3.48. The molecule has 1 rings (SSSR count). The maximum atomic E-state index is 10.9. The molecule has 0 aromatic rings. The smallest absolute Gasteiger partial charge is 0.307 e. The summed E-state index contributed by atoms with van der Waals surface area (Å²) in [5.41, 5.74) is 3.14. The molecule has 1 unspecified atom stereocenters. The summed E-state index contributed by atoms with van der Waals surface area (Å²) in [4.78, 5) is 20.8. The van der Waals surface area contributed by atoms with Crippen LogP contribution in [0, 0.1) is 10.1 Å². The predicted molar refractivity (Wildman–Crippen MR) is 42.1 cm³/mol. The van der Waals surface area contributed by atoms with E-state index in [4.69, 9.17) is 5.73 Å². The average Bonchev–Trinajstić information content (AvgIpc) is 2.28. The summed E-state index contributed by atoms with van der Waals surface area (Å²) in [5, 5.41) is 17.5. The number of carbonyl (C=O) groups excluding carboxylic acids is 1. The summed E-state index contributed by atoms with van der Waals surface area (Å²) >= 11 is 0. The summed E-state index contributed by atoms with van der Waals surface area (Å²) in [6, 6.07) is 0. The number of rotatable bonds is 2. The monoisotopic (exact) mass is 184 g/mol. The summed E-state index contributed by atoms with van der Waals surface area (Å²) in [6.45, 7) is 2.68. The number of amides is 1. The second-order valence-electron chi connectivity index (χ2n) is 2.83. The maximum absolute atomic E-state index is 10.9. The minimum atomic E-state index is -1.62. The number of nitrogens with two attached hydrogens (primary N) is 1. The molecule has 0 radical (unpaired) electrons. The van der Waals surface area contributed by atoms with Gasteiger partial charge in [-0.15, -0.1) is 0 Å². The fourth-order valence-corrected chi connectivity index (χ4v) is 1.10. The van der Waals surface area contributed by atoms with E-state index in [1.807, 2.05) is 0 Å². The van der Waals surface area contributed by atoms with Gasteiger partial charge in [0.05, 0.1) is 4.92 Å². The zero-order valence-electron chi connectivity index (χ0n) is 7.14. The van der Waals surface area contributed by atoms with Gasteiger partial charge < -0.3 is 5.73 Å². The van der Waals surface area contributed by atoms with Crippen molar-refractivity contribution in [3.05, 3.63) is 21.5 Å². The molecule has 7 heteroatoms. The van der Waals surface area contributed by atoms with Crippen LogP contribution in [0.25, 0.3) is 0 Å². The summed E-state index contributed by atoms with van der Waals surface area (Å²) in [7, 11) is 0. The van der Waals surface area contributed by atoms with E-state index in [2.05, 4.69) is 10.2 Å². The molecule has 1 heterocycles. The van der Waals surface area contributed by atoms with Gasteiger partial charge >= 0.3 is 5.70 Å². The van der Waals surface area contributed by atoms with Crippen molar-refractivity contribution in [2.24, 2.45) is 16.0 Å². The Morgan fingerprint density at radius 3 is 2.54 bits per heavy atom. The second kappa shape index (κ2) is 2.61. The van der Waals surface area contributed by atoms with Gasteiger partial charge in [-0.05, 0) is 13.8 Å². The molecule has 7 nitrogen and oxygen atoms in total. The van der Waals surface area contributed by atoms with Gasteiger partial charge in [0.15, 0.2) is 0 Å². The molecule has 1 atom stereocenters. The van der Waals surface area contributed by atoms with Gasteiger partial charge in [-0.1, -0.05) is 0 Å². The van der Waals surface area contributed by atoms with Crippen LogP contribution in [0.2, 0.25) is 0 Å². The lowest BCUT2D eigenvalue weighted by atomic mass is 9.98. The number of hydrogen-bond donors (Lipinski definition) is 1. The number of nitrogens with zero attached hydrogens (tertiary/aromatic N) is 3. The first-order valence-electron chi connectivity index (χ1n) is 3.48. The molecule has 0 saturated carbocycles. The Balaban J connectivity index is 3.26. The van der Waals surface area contributed by atoms with Gasteiger partial charge in [-0.25, -0.2) is 0 Å². The zero-order chi connectivity index (χ0) is 10.2. The molecular formula is C6H8N4O3. The molecule has 0 fully saturated rings. The van der Waals surface area contributed by atoms with Crippen LogP contribution in [0.1, 0.15) is 13.8 Å². The van der Waals surface area contributed by atoms with Crippen molar-refractivity contribution in [3.63, 3.8) is 0 Å². The van der Waals surface area contributed by atoms with E-state index >= 15 is 0 Å². The van der Waals surface area contributed by atoms with Crippen LogP contribution >= 0.6 is 0 Å². The van der Waals surface area contributed by atoms with Gasteiger partial charge in [-0.3, -0.25) is 14.9 Å². The third-order valence-electron chi connectivity index (χ3n) is 1.87. The molecule has 0 aliphatic carbocycles. The SMILES string of the molecule is CC1=C([N+](=O)[O-])C(C)(C(N)=O)N=N1. The first kappa shape index (κ1) is 9.30. The van der Waals surface area contributed by atoms with Crippen molar-refractivity contribution in [2.45, 2.75) is 19.4 Å². The van der Waals surface area contributed by atoms with Crippen molar-refractivity contribution >= 4 is 5.91 Å². The molecule has 0 saturated heterocycles. The number of azo groups is 1. The standard InChI is InChI=1S/C6H8N4O3/c1-3-4(10(12)13)6(2,5(7)11)9-8-3/h1-2H3,(H2,7,11). The highest BCUT2D eigenvalue weighted by atomic mass is 16.6. The van der Waals surface area contributed by atoms with Crippen LogP contribution in [0.3, 0.4) is 0 Å². The third-order valence-corrected chi connectivity index (χ3v) is 1.87. The van der Waals surface area contributed by atoms with E-state index in [0.29, 0.717) is 0 Å².